The van der Waals surface area contributed by atoms with Crippen LogP contribution in [0, 0.1) is 20.8 Å². The zero-order chi connectivity index (χ0) is 15.1. The highest BCUT2D eigenvalue weighted by atomic mass is 19.4. The Labute approximate surface area is 115 Å². The molecular weight excluding hydrogens is 267 g/mol. The number of aryl methyl sites for hydroxylation is 4. The first-order chi connectivity index (χ1) is 9.18. The fourth-order valence-corrected chi connectivity index (χ4v) is 2.18. The molecule has 6 heteroatoms. The Balaban J connectivity index is 2.41. The lowest BCUT2D eigenvalue weighted by atomic mass is 10.0. The number of aromatic nitrogens is 2. The van der Waals surface area contributed by atoms with Crippen molar-refractivity contribution in [1.82, 2.24) is 9.78 Å². The fraction of sp³-hybridized carbons (Fsp3) is 0.357. The SMILES string of the molecule is Cc1cc(Nc2c(C)cc(C(F)(F)F)cc2C)n(C)n1. The molecule has 1 heterocycles. The van der Waals surface area contributed by atoms with Crippen LogP contribution in [0.25, 0.3) is 0 Å². The number of halogens is 3. The van der Waals surface area contributed by atoms with E-state index in [-0.39, 0.29) is 0 Å². The highest BCUT2D eigenvalue weighted by Crippen LogP contribution is 2.34. The Bertz CT molecular complexity index is 619. The highest BCUT2D eigenvalue weighted by molar-refractivity contribution is 5.65. The van der Waals surface area contributed by atoms with E-state index in [0.717, 1.165) is 23.6 Å². The van der Waals surface area contributed by atoms with Crippen LogP contribution >= 0.6 is 0 Å². The minimum atomic E-state index is -4.32. The molecule has 0 spiro atoms. The Morgan fingerprint density at radius 1 is 1.05 bits per heavy atom. The number of rotatable bonds is 2. The molecule has 0 radical (unpaired) electrons. The van der Waals surface area contributed by atoms with Crippen molar-refractivity contribution < 1.29 is 13.2 Å². The van der Waals surface area contributed by atoms with Crippen LogP contribution in [-0.4, -0.2) is 9.78 Å². The zero-order valence-electron chi connectivity index (χ0n) is 11.8. The third-order valence-corrected chi connectivity index (χ3v) is 3.12. The number of hydrogen-bond donors (Lipinski definition) is 1. The summed E-state index contributed by atoms with van der Waals surface area (Å²) in [6, 6.07) is 4.15. The molecule has 0 saturated carbocycles. The molecule has 0 fully saturated rings. The number of nitrogens with one attached hydrogen (secondary N) is 1. The summed E-state index contributed by atoms with van der Waals surface area (Å²) in [5.41, 5.74) is 2.00. The molecule has 1 N–H and O–H groups in total. The maximum atomic E-state index is 12.7. The van der Waals surface area contributed by atoms with E-state index in [1.807, 2.05) is 13.0 Å². The van der Waals surface area contributed by atoms with E-state index in [1.54, 1.807) is 25.6 Å². The fourth-order valence-electron chi connectivity index (χ4n) is 2.18. The van der Waals surface area contributed by atoms with Gasteiger partial charge in [-0.3, -0.25) is 4.68 Å². The van der Waals surface area contributed by atoms with Crippen LogP contribution < -0.4 is 5.32 Å². The van der Waals surface area contributed by atoms with Gasteiger partial charge in [-0.2, -0.15) is 18.3 Å². The molecule has 2 rings (SSSR count). The Morgan fingerprint density at radius 2 is 1.60 bits per heavy atom. The molecular formula is C14H16F3N3. The van der Waals surface area contributed by atoms with Gasteiger partial charge >= 0.3 is 6.18 Å². The average molecular weight is 283 g/mol. The average Bonchev–Trinajstić information content (AvgIpc) is 2.61. The number of benzene rings is 1. The second-order valence-electron chi connectivity index (χ2n) is 4.90. The number of anilines is 2. The van der Waals surface area contributed by atoms with Crippen LogP contribution in [0.1, 0.15) is 22.4 Å². The third kappa shape index (κ3) is 2.79. The predicted octanol–water partition coefficient (Wildman–Crippen LogP) is 4.11. The van der Waals surface area contributed by atoms with Gasteiger partial charge < -0.3 is 5.32 Å². The van der Waals surface area contributed by atoms with Gasteiger partial charge in [-0.05, 0) is 44.0 Å². The highest BCUT2D eigenvalue weighted by Gasteiger charge is 2.31. The lowest BCUT2D eigenvalue weighted by molar-refractivity contribution is -0.137. The molecule has 0 amide bonds. The first-order valence-electron chi connectivity index (χ1n) is 6.14. The van der Waals surface area contributed by atoms with Crippen molar-refractivity contribution in [2.75, 3.05) is 5.32 Å². The minimum absolute atomic E-state index is 0.552. The summed E-state index contributed by atoms with van der Waals surface area (Å²) in [6.07, 6.45) is -4.32. The first-order valence-corrected chi connectivity index (χ1v) is 6.14. The minimum Gasteiger partial charge on any atom is -0.340 e. The van der Waals surface area contributed by atoms with Crippen molar-refractivity contribution >= 4 is 11.5 Å². The van der Waals surface area contributed by atoms with Crippen LogP contribution in [0.5, 0.6) is 0 Å². The van der Waals surface area contributed by atoms with E-state index < -0.39 is 11.7 Å². The van der Waals surface area contributed by atoms with Gasteiger partial charge in [0.05, 0.1) is 11.3 Å². The number of hydrogen-bond acceptors (Lipinski definition) is 2. The molecule has 0 saturated heterocycles. The summed E-state index contributed by atoms with van der Waals surface area (Å²) >= 11 is 0. The molecule has 0 aliphatic carbocycles. The van der Waals surface area contributed by atoms with Crippen LogP contribution in [-0.2, 0) is 13.2 Å². The van der Waals surface area contributed by atoms with Crippen LogP contribution in [0.2, 0.25) is 0 Å². The summed E-state index contributed by atoms with van der Waals surface area (Å²) in [7, 11) is 1.78. The maximum absolute atomic E-state index is 12.7. The molecule has 2 aromatic rings. The second-order valence-corrected chi connectivity index (χ2v) is 4.90. The van der Waals surface area contributed by atoms with E-state index in [2.05, 4.69) is 10.4 Å². The van der Waals surface area contributed by atoms with Gasteiger partial charge in [-0.15, -0.1) is 0 Å². The maximum Gasteiger partial charge on any atom is 0.416 e. The lowest BCUT2D eigenvalue weighted by Gasteiger charge is -2.16. The summed E-state index contributed by atoms with van der Waals surface area (Å²) in [5.74, 6) is 0.744. The van der Waals surface area contributed by atoms with E-state index >= 15 is 0 Å². The molecule has 0 unspecified atom stereocenters. The van der Waals surface area contributed by atoms with Crippen LogP contribution in [0.4, 0.5) is 24.7 Å². The van der Waals surface area contributed by atoms with Gasteiger partial charge in [0.25, 0.3) is 0 Å². The molecule has 1 aromatic heterocycles. The van der Waals surface area contributed by atoms with Crippen molar-refractivity contribution in [3.8, 4) is 0 Å². The summed E-state index contributed by atoms with van der Waals surface area (Å²) in [4.78, 5) is 0. The molecule has 0 aliphatic heterocycles. The van der Waals surface area contributed by atoms with E-state index in [4.69, 9.17) is 0 Å². The number of alkyl halides is 3. The largest absolute Gasteiger partial charge is 0.416 e. The van der Waals surface area contributed by atoms with Crippen LogP contribution in [0.3, 0.4) is 0 Å². The normalized spacial score (nSPS) is 11.8. The van der Waals surface area contributed by atoms with E-state index in [0.29, 0.717) is 16.8 Å². The monoisotopic (exact) mass is 283 g/mol. The Kier molecular flexibility index (Phi) is 3.50. The van der Waals surface area contributed by atoms with Crippen molar-refractivity contribution in [3.05, 3.63) is 40.6 Å². The van der Waals surface area contributed by atoms with Crippen molar-refractivity contribution in [2.24, 2.45) is 7.05 Å². The lowest BCUT2D eigenvalue weighted by Crippen LogP contribution is -2.08. The molecule has 0 atom stereocenters. The number of nitrogens with zero attached hydrogens (tertiary/aromatic N) is 2. The van der Waals surface area contributed by atoms with Crippen molar-refractivity contribution in [1.29, 1.82) is 0 Å². The van der Waals surface area contributed by atoms with Crippen molar-refractivity contribution in [2.45, 2.75) is 26.9 Å². The van der Waals surface area contributed by atoms with Gasteiger partial charge in [-0.1, -0.05) is 0 Å². The summed E-state index contributed by atoms with van der Waals surface area (Å²) in [5, 5.41) is 7.34. The van der Waals surface area contributed by atoms with Gasteiger partial charge in [0.1, 0.15) is 5.82 Å². The van der Waals surface area contributed by atoms with Gasteiger partial charge in [-0.25, -0.2) is 0 Å². The first kappa shape index (κ1) is 14.4. The second kappa shape index (κ2) is 4.85. The predicted molar refractivity (Wildman–Crippen MR) is 72.1 cm³/mol. The van der Waals surface area contributed by atoms with Crippen molar-refractivity contribution in [3.63, 3.8) is 0 Å². The smallest absolute Gasteiger partial charge is 0.340 e. The van der Waals surface area contributed by atoms with Crippen LogP contribution in [0.15, 0.2) is 18.2 Å². The molecule has 1 aromatic carbocycles. The van der Waals surface area contributed by atoms with Gasteiger partial charge in [0.2, 0.25) is 0 Å². The Morgan fingerprint density at radius 3 is 2.00 bits per heavy atom. The molecule has 20 heavy (non-hydrogen) atoms. The third-order valence-electron chi connectivity index (χ3n) is 3.12. The molecule has 0 bridgehead atoms. The van der Waals surface area contributed by atoms with E-state index in [1.165, 1.54) is 0 Å². The van der Waals surface area contributed by atoms with E-state index in [9.17, 15) is 13.2 Å². The standard InChI is InChI=1S/C14H16F3N3/c1-8-5-11(14(15,16)17)6-9(2)13(8)18-12-7-10(3)19-20(12)4/h5-7,18H,1-4H3. The zero-order valence-corrected chi connectivity index (χ0v) is 11.8. The van der Waals surface area contributed by atoms with Gasteiger partial charge in [0.15, 0.2) is 0 Å². The van der Waals surface area contributed by atoms with Gasteiger partial charge in [0, 0.05) is 18.8 Å². The quantitative estimate of drug-likeness (QED) is 0.899. The Hall–Kier alpha value is -1.98. The summed E-state index contributed by atoms with van der Waals surface area (Å²) in [6.45, 7) is 5.18. The molecule has 0 aliphatic rings. The topological polar surface area (TPSA) is 29.9 Å². The molecule has 3 nitrogen and oxygen atoms in total. The summed E-state index contributed by atoms with van der Waals surface area (Å²) < 4.78 is 39.9. The molecule has 108 valence electrons.